The van der Waals surface area contributed by atoms with Crippen LogP contribution in [0.25, 0.3) is 0 Å². The van der Waals surface area contributed by atoms with Crippen molar-refractivity contribution in [2.24, 2.45) is 5.73 Å². The molecule has 14 heavy (non-hydrogen) atoms. The molecule has 1 aromatic rings. The van der Waals surface area contributed by atoms with Crippen LogP contribution in [0.3, 0.4) is 0 Å². The van der Waals surface area contributed by atoms with Gasteiger partial charge in [0.15, 0.2) is 5.82 Å². The standard InChI is InChI=1S/C9H11N3O2/c10-9(7-12(13)14)11-6-8-4-2-1-3-5-8/h1-5,7,11H,6,10H2/b9-7+. The SMILES string of the molecule is N/C(=C\[N+](=O)[O-])NCc1ccccc1. The van der Waals surface area contributed by atoms with E-state index in [1.54, 1.807) is 0 Å². The molecule has 0 aliphatic heterocycles. The van der Waals surface area contributed by atoms with Crippen LogP contribution >= 0.6 is 0 Å². The number of rotatable bonds is 4. The Hall–Kier alpha value is -2.04. The second-order valence-electron chi connectivity index (χ2n) is 2.71. The fraction of sp³-hybridized carbons (Fsp3) is 0.111. The topological polar surface area (TPSA) is 81.2 Å². The summed E-state index contributed by atoms with van der Waals surface area (Å²) >= 11 is 0. The Labute approximate surface area is 81.4 Å². The Morgan fingerprint density at radius 2 is 2.14 bits per heavy atom. The third-order valence-corrected chi connectivity index (χ3v) is 1.58. The van der Waals surface area contributed by atoms with Gasteiger partial charge in [-0.3, -0.25) is 10.1 Å². The Bertz CT molecular complexity index is 335. The van der Waals surface area contributed by atoms with E-state index in [9.17, 15) is 10.1 Å². The molecule has 1 rings (SSSR count). The molecule has 5 heteroatoms. The molecule has 74 valence electrons. The molecule has 0 amide bonds. The third-order valence-electron chi connectivity index (χ3n) is 1.58. The molecule has 0 aliphatic carbocycles. The Morgan fingerprint density at radius 3 is 2.71 bits per heavy atom. The van der Waals surface area contributed by atoms with Gasteiger partial charge in [-0.1, -0.05) is 30.3 Å². The monoisotopic (exact) mass is 193 g/mol. The van der Waals surface area contributed by atoms with E-state index in [0.717, 1.165) is 11.8 Å². The molecule has 0 spiro atoms. The van der Waals surface area contributed by atoms with Crippen molar-refractivity contribution in [1.29, 1.82) is 0 Å². The number of benzene rings is 1. The van der Waals surface area contributed by atoms with Crippen molar-refractivity contribution in [1.82, 2.24) is 5.32 Å². The molecule has 0 fully saturated rings. The quantitative estimate of drug-likeness (QED) is 0.547. The first-order valence-corrected chi connectivity index (χ1v) is 4.07. The van der Waals surface area contributed by atoms with Crippen LogP contribution in [0, 0.1) is 10.1 Å². The molecule has 1 aromatic carbocycles. The highest BCUT2D eigenvalue weighted by molar-refractivity contribution is 5.15. The van der Waals surface area contributed by atoms with E-state index in [-0.39, 0.29) is 5.82 Å². The summed E-state index contributed by atoms with van der Waals surface area (Å²) in [7, 11) is 0. The number of nitro groups is 1. The number of hydrogen-bond donors (Lipinski definition) is 2. The maximum atomic E-state index is 10.0. The zero-order chi connectivity index (χ0) is 10.4. The predicted molar refractivity (Wildman–Crippen MR) is 52.5 cm³/mol. The van der Waals surface area contributed by atoms with Gasteiger partial charge in [-0.05, 0) is 5.56 Å². The third kappa shape index (κ3) is 3.57. The molecule has 0 heterocycles. The first-order chi connectivity index (χ1) is 6.68. The minimum atomic E-state index is -0.590. The van der Waals surface area contributed by atoms with Crippen molar-refractivity contribution in [3.05, 3.63) is 58.0 Å². The highest BCUT2D eigenvalue weighted by Crippen LogP contribution is 1.97. The summed E-state index contributed by atoms with van der Waals surface area (Å²) in [6.45, 7) is 0.483. The molecule has 0 unspecified atom stereocenters. The van der Waals surface area contributed by atoms with Gasteiger partial charge < -0.3 is 11.1 Å². The summed E-state index contributed by atoms with van der Waals surface area (Å²) in [5.74, 6) is 0.0545. The van der Waals surface area contributed by atoms with E-state index >= 15 is 0 Å². The summed E-state index contributed by atoms with van der Waals surface area (Å²) in [5.41, 5.74) is 6.35. The Morgan fingerprint density at radius 1 is 1.50 bits per heavy atom. The van der Waals surface area contributed by atoms with Crippen molar-refractivity contribution in [3.8, 4) is 0 Å². The number of nitrogens with two attached hydrogens (primary N) is 1. The summed E-state index contributed by atoms with van der Waals surface area (Å²) in [4.78, 5) is 9.44. The van der Waals surface area contributed by atoms with Gasteiger partial charge in [0, 0.05) is 6.54 Å². The molecule has 0 saturated heterocycles. The maximum Gasteiger partial charge on any atom is 0.273 e. The second kappa shape index (κ2) is 4.86. The van der Waals surface area contributed by atoms with E-state index in [1.165, 1.54) is 0 Å². The van der Waals surface area contributed by atoms with Gasteiger partial charge in [-0.15, -0.1) is 0 Å². The molecule has 0 aromatic heterocycles. The summed E-state index contributed by atoms with van der Waals surface area (Å²) < 4.78 is 0. The second-order valence-corrected chi connectivity index (χ2v) is 2.71. The van der Waals surface area contributed by atoms with Crippen LogP contribution in [0.4, 0.5) is 0 Å². The van der Waals surface area contributed by atoms with Crippen LogP contribution in [-0.4, -0.2) is 4.92 Å². The molecule has 0 radical (unpaired) electrons. The lowest BCUT2D eigenvalue weighted by Crippen LogP contribution is -2.20. The zero-order valence-electron chi connectivity index (χ0n) is 7.51. The largest absolute Gasteiger partial charge is 0.380 e. The first kappa shape index (κ1) is 10.0. The van der Waals surface area contributed by atoms with Crippen LogP contribution in [0.15, 0.2) is 42.4 Å². The highest BCUT2D eigenvalue weighted by Gasteiger charge is 1.96. The molecular weight excluding hydrogens is 182 g/mol. The fourth-order valence-corrected chi connectivity index (χ4v) is 0.959. The first-order valence-electron chi connectivity index (χ1n) is 4.07. The van der Waals surface area contributed by atoms with Crippen LogP contribution in [0.5, 0.6) is 0 Å². The minimum Gasteiger partial charge on any atom is -0.380 e. The molecule has 0 atom stereocenters. The van der Waals surface area contributed by atoms with Crippen molar-refractivity contribution in [3.63, 3.8) is 0 Å². The summed E-state index contributed by atoms with van der Waals surface area (Å²) in [6, 6.07) is 9.51. The summed E-state index contributed by atoms with van der Waals surface area (Å²) in [5, 5.41) is 12.8. The minimum absolute atomic E-state index is 0.0545. The fourth-order valence-electron chi connectivity index (χ4n) is 0.959. The summed E-state index contributed by atoms with van der Waals surface area (Å²) in [6.07, 6.45) is 0.739. The molecule has 0 saturated carbocycles. The lowest BCUT2D eigenvalue weighted by Gasteiger charge is -2.03. The lowest BCUT2D eigenvalue weighted by atomic mass is 10.2. The van der Waals surface area contributed by atoms with Crippen molar-refractivity contribution in [2.45, 2.75) is 6.54 Å². The van der Waals surface area contributed by atoms with Crippen molar-refractivity contribution in [2.75, 3.05) is 0 Å². The lowest BCUT2D eigenvalue weighted by molar-refractivity contribution is -0.403. The van der Waals surface area contributed by atoms with E-state index in [1.807, 2.05) is 30.3 Å². The average molecular weight is 193 g/mol. The van der Waals surface area contributed by atoms with Gasteiger partial charge in [0.1, 0.15) is 0 Å². The smallest absolute Gasteiger partial charge is 0.273 e. The van der Waals surface area contributed by atoms with Crippen LogP contribution in [-0.2, 0) is 6.54 Å². The van der Waals surface area contributed by atoms with Gasteiger partial charge in [-0.25, -0.2) is 0 Å². The van der Waals surface area contributed by atoms with Crippen molar-refractivity contribution >= 4 is 0 Å². The Balaban J connectivity index is 2.45. The number of nitrogens with zero attached hydrogens (tertiary/aromatic N) is 1. The van der Waals surface area contributed by atoms with Gasteiger partial charge in [-0.2, -0.15) is 0 Å². The van der Waals surface area contributed by atoms with Crippen LogP contribution < -0.4 is 11.1 Å². The highest BCUT2D eigenvalue weighted by atomic mass is 16.6. The molecule has 5 nitrogen and oxygen atoms in total. The predicted octanol–water partition coefficient (Wildman–Crippen LogP) is 0.810. The molecular formula is C9H11N3O2. The van der Waals surface area contributed by atoms with E-state index < -0.39 is 4.92 Å². The van der Waals surface area contributed by atoms with Gasteiger partial charge in [0.25, 0.3) is 6.20 Å². The van der Waals surface area contributed by atoms with Gasteiger partial charge in [0.05, 0.1) is 4.92 Å². The molecule has 3 N–H and O–H groups in total. The maximum absolute atomic E-state index is 10.0. The van der Waals surface area contributed by atoms with Crippen molar-refractivity contribution < 1.29 is 4.92 Å². The van der Waals surface area contributed by atoms with E-state index in [4.69, 9.17) is 5.73 Å². The zero-order valence-corrected chi connectivity index (χ0v) is 7.51. The van der Waals surface area contributed by atoms with E-state index in [2.05, 4.69) is 5.32 Å². The van der Waals surface area contributed by atoms with E-state index in [0.29, 0.717) is 6.54 Å². The number of hydrogen-bond acceptors (Lipinski definition) is 4. The van der Waals surface area contributed by atoms with Gasteiger partial charge >= 0.3 is 0 Å². The average Bonchev–Trinajstić information content (AvgIpc) is 2.15. The van der Waals surface area contributed by atoms with Crippen LogP contribution in [0.2, 0.25) is 0 Å². The molecule has 0 aliphatic rings. The number of nitrogens with one attached hydrogen (secondary N) is 1. The molecule has 0 bridgehead atoms. The Kier molecular flexibility index (Phi) is 3.49. The normalized spacial score (nSPS) is 11.0. The van der Waals surface area contributed by atoms with Gasteiger partial charge in [0.2, 0.25) is 0 Å². The van der Waals surface area contributed by atoms with Crippen LogP contribution in [0.1, 0.15) is 5.56 Å².